The van der Waals surface area contributed by atoms with E-state index >= 15 is 0 Å². The minimum absolute atomic E-state index is 1.18. The zero-order valence-electron chi connectivity index (χ0n) is 7.75. The Labute approximate surface area is 74.2 Å². The van der Waals surface area contributed by atoms with E-state index in [4.69, 9.17) is 0 Å². The van der Waals surface area contributed by atoms with Crippen molar-refractivity contribution in [2.24, 2.45) is 0 Å². The van der Waals surface area contributed by atoms with Crippen molar-refractivity contribution in [1.29, 1.82) is 0 Å². The molecule has 0 saturated carbocycles. The van der Waals surface area contributed by atoms with Gasteiger partial charge >= 0.3 is 0 Å². The Kier molecular flexibility index (Phi) is 3.52. The summed E-state index contributed by atoms with van der Waals surface area (Å²) in [5.74, 6) is 0. The molecular formula is C11H15N. The van der Waals surface area contributed by atoms with Gasteiger partial charge in [0, 0.05) is 12.4 Å². The van der Waals surface area contributed by atoms with Crippen LogP contribution in [0, 0.1) is 0 Å². The van der Waals surface area contributed by atoms with Crippen LogP contribution in [0.15, 0.2) is 30.1 Å². The highest BCUT2D eigenvalue weighted by atomic mass is 14.6. The van der Waals surface area contributed by atoms with E-state index in [1.807, 2.05) is 12.3 Å². The van der Waals surface area contributed by atoms with Gasteiger partial charge in [-0.25, -0.2) is 0 Å². The van der Waals surface area contributed by atoms with E-state index in [2.05, 4.69) is 31.0 Å². The fourth-order valence-electron chi connectivity index (χ4n) is 1.21. The van der Waals surface area contributed by atoms with Crippen LogP contribution in [-0.2, 0) is 0 Å². The van der Waals surface area contributed by atoms with Gasteiger partial charge in [-0.2, -0.15) is 0 Å². The molecule has 1 aromatic rings. The zero-order chi connectivity index (χ0) is 8.81. The molecule has 1 heteroatoms. The van der Waals surface area contributed by atoms with Crippen LogP contribution < -0.4 is 0 Å². The second-order valence-corrected chi connectivity index (χ2v) is 3.03. The molecular weight excluding hydrogens is 146 g/mol. The minimum Gasteiger partial charge on any atom is -0.264 e. The molecule has 0 amide bonds. The van der Waals surface area contributed by atoms with E-state index in [0.717, 1.165) is 0 Å². The Morgan fingerprint density at radius 1 is 1.58 bits per heavy atom. The van der Waals surface area contributed by atoms with Gasteiger partial charge in [0.1, 0.15) is 0 Å². The predicted octanol–water partition coefficient (Wildman–Crippen LogP) is 3.29. The summed E-state index contributed by atoms with van der Waals surface area (Å²) in [5.41, 5.74) is 2.62. The first-order valence-electron chi connectivity index (χ1n) is 4.40. The molecule has 0 aliphatic carbocycles. The highest BCUT2D eigenvalue weighted by Gasteiger charge is 1.88. The summed E-state index contributed by atoms with van der Waals surface area (Å²) in [4.78, 5) is 4.05. The van der Waals surface area contributed by atoms with Gasteiger partial charge in [-0.15, -0.1) is 0 Å². The van der Waals surface area contributed by atoms with Crippen molar-refractivity contribution in [2.75, 3.05) is 0 Å². The lowest BCUT2D eigenvalue weighted by molar-refractivity contribution is 0.911. The first-order chi connectivity index (χ1) is 5.83. The summed E-state index contributed by atoms with van der Waals surface area (Å²) >= 11 is 0. The maximum atomic E-state index is 4.05. The van der Waals surface area contributed by atoms with Gasteiger partial charge in [0.2, 0.25) is 0 Å². The second-order valence-electron chi connectivity index (χ2n) is 3.03. The molecule has 1 heterocycles. The van der Waals surface area contributed by atoms with Crippen molar-refractivity contribution in [1.82, 2.24) is 4.98 Å². The van der Waals surface area contributed by atoms with E-state index in [-0.39, 0.29) is 0 Å². The van der Waals surface area contributed by atoms with Gasteiger partial charge in [0.25, 0.3) is 0 Å². The Morgan fingerprint density at radius 3 is 3.00 bits per heavy atom. The number of aromatic nitrogens is 1. The average molecular weight is 161 g/mol. The van der Waals surface area contributed by atoms with Crippen LogP contribution in [0.1, 0.15) is 32.3 Å². The molecule has 0 saturated heterocycles. The fraction of sp³-hybridized carbons (Fsp3) is 0.364. The lowest BCUT2D eigenvalue weighted by atomic mass is 10.1. The van der Waals surface area contributed by atoms with Gasteiger partial charge in [-0.3, -0.25) is 4.98 Å². The lowest BCUT2D eigenvalue weighted by Crippen LogP contribution is -1.78. The Bertz CT molecular complexity index is 249. The molecule has 1 aromatic heterocycles. The van der Waals surface area contributed by atoms with Crippen molar-refractivity contribution in [2.45, 2.75) is 26.7 Å². The molecule has 0 aliphatic heterocycles. The summed E-state index contributed by atoms with van der Waals surface area (Å²) in [6, 6.07) is 4.04. The molecule has 0 bridgehead atoms. The third-order valence-electron chi connectivity index (χ3n) is 1.74. The minimum atomic E-state index is 1.18. The van der Waals surface area contributed by atoms with Crippen LogP contribution in [0.3, 0.4) is 0 Å². The smallest absolute Gasteiger partial charge is 0.0340 e. The Morgan fingerprint density at radius 2 is 2.42 bits per heavy atom. The number of rotatable bonds is 3. The van der Waals surface area contributed by atoms with Crippen molar-refractivity contribution in [3.05, 3.63) is 35.7 Å². The molecule has 1 nitrogen and oxygen atoms in total. The second kappa shape index (κ2) is 4.70. The lowest BCUT2D eigenvalue weighted by Gasteiger charge is -1.97. The maximum absolute atomic E-state index is 4.05. The number of pyridine rings is 1. The van der Waals surface area contributed by atoms with E-state index < -0.39 is 0 Å². The molecule has 0 radical (unpaired) electrons. The highest BCUT2D eigenvalue weighted by molar-refractivity contribution is 5.50. The highest BCUT2D eigenvalue weighted by Crippen LogP contribution is 2.09. The van der Waals surface area contributed by atoms with Crippen molar-refractivity contribution < 1.29 is 0 Å². The zero-order valence-corrected chi connectivity index (χ0v) is 7.75. The molecule has 0 aliphatic rings. The number of hydrogen-bond donors (Lipinski definition) is 0. The van der Waals surface area contributed by atoms with Crippen LogP contribution >= 0.6 is 0 Å². The first-order valence-corrected chi connectivity index (χ1v) is 4.40. The molecule has 0 spiro atoms. The van der Waals surface area contributed by atoms with Gasteiger partial charge in [0.05, 0.1) is 0 Å². The van der Waals surface area contributed by atoms with Crippen LogP contribution in [0.5, 0.6) is 0 Å². The van der Waals surface area contributed by atoms with Gasteiger partial charge in [-0.1, -0.05) is 31.1 Å². The summed E-state index contributed by atoms with van der Waals surface area (Å²) in [7, 11) is 0. The van der Waals surface area contributed by atoms with Crippen LogP contribution in [0.4, 0.5) is 0 Å². The molecule has 0 aromatic carbocycles. The molecule has 64 valence electrons. The third-order valence-corrected chi connectivity index (χ3v) is 1.74. The van der Waals surface area contributed by atoms with E-state index in [0.29, 0.717) is 0 Å². The Balaban J connectivity index is 2.67. The van der Waals surface area contributed by atoms with Crippen molar-refractivity contribution in [3.8, 4) is 0 Å². The fourth-order valence-corrected chi connectivity index (χ4v) is 1.21. The summed E-state index contributed by atoms with van der Waals surface area (Å²) in [5, 5.41) is 0. The summed E-state index contributed by atoms with van der Waals surface area (Å²) in [6.45, 7) is 4.36. The van der Waals surface area contributed by atoms with E-state index in [1.165, 1.54) is 24.0 Å². The topological polar surface area (TPSA) is 12.9 Å². The normalized spacial score (nSPS) is 11.7. The van der Waals surface area contributed by atoms with E-state index in [9.17, 15) is 0 Å². The molecule has 12 heavy (non-hydrogen) atoms. The molecule has 0 fully saturated rings. The first kappa shape index (κ1) is 8.98. The third kappa shape index (κ3) is 2.87. The maximum Gasteiger partial charge on any atom is 0.0340 e. The van der Waals surface area contributed by atoms with Crippen LogP contribution in [0.25, 0.3) is 6.08 Å². The monoisotopic (exact) mass is 161 g/mol. The molecule has 0 N–H and O–H groups in total. The van der Waals surface area contributed by atoms with Crippen LogP contribution in [0.2, 0.25) is 0 Å². The predicted molar refractivity (Wildman–Crippen MR) is 52.8 cm³/mol. The SMILES string of the molecule is CCC/C(C)=C\c1cccnc1. The summed E-state index contributed by atoms with van der Waals surface area (Å²) < 4.78 is 0. The van der Waals surface area contributed by atoms with Crippen molar-refractivity contribution >= 4 is 6.08 Å². The van der Waals surface area contributed by atoms with E-state index in [1.54, 1.807) is 6.20 Å². The molecule has 1 rings (SSSR count). The molecule has 0 atom stereocenters. The average Bonchev–Trinajstić information content (AvgIpc) is 2.06. The van der Waals surface area contributed by atoms with Gasteiger partial charge in [0.15, 0.2) is 0 Å². The summed E-state index contributed by atoms with van der Waals surface area (Å²) in [6.07, 6.45) is 8.26. The number of nitrogens with zero attached hydrogens (tertiary/aromatic N) is 1. The van der Waals surface area contributed by atoms with Gasteiger partial charge in [-0.05, 0) is 25.0 Å². The van der Waals surface area contributed by atoms with Gasteiger partial charge < -0.3 is 0 Å². The number of hydrogen-bond acceptors (Lipinski definition) is 1. The number of allylic oxidation sites excluding steroid dienone is 1. The largest absolute Gasteiger partial charge is 0.264 e. The quantitative estimate of drug-likeness (QED) is 0.663. The Hall–Kier alpha value is -1.11. The molecule has 0 unspecified atom stereocenters. The van der Waals surface area contributed by atoms with Crippen LogP contribution in [-0.4, -0.2) is 4.98 Å². The standard InChI is InChI=1S/C11H15N/c1-3-5-10(2)8-11-6-4-7-12-9-11/h4,6-9H,3,5H2,1-2H3/b10-8-. The van der Waals surface area contributed by atoms with Crippen molar-refractivity contribution in [3.63, 3.8) is 0 Å².